The Morgan fingerprint density at radius 2 is 1.89 bits per heavy atom. The number of nitrogens with zero attached hydrogens (tertiary/aromatic N) is 3. The van der Waals surface area contributed by atoms with Gasteiger partial charge in [0.1, 0.15) is 30.0 Å². The lowest BCUT2D eigenvalue weighted by molar-refractivity contribution is 0.0624. The summed E-state index contributed by atoms with van der Waals surface area (Å²) in [5.41, 5.74) is 2.81. The molecule has 2 aromatic carbocycles. The normalized spacial score (nSPS) is 17.1. The molecule has 1 unspecified atom stereocenters. The van der Waals surface area contributed by atoms with E-state index in [1.165, 1.54) is 6.07 Å². The minimum Gasteiger partial charge on any atom is -0.491 e. The summed E-state index contributed by atoms with van der Waals surface area (Å²) in [5, 5.41) is 15.1. The Kier molecular flexibility index (Phi) is 7.32. The molecule has 1 aliphatic carbocycles. The molecule has 0 spiro atoms. The minimum absolute atomic E-state index is 0.203. The van der Waals surface area contributed by atoms with Crippen molar-refractivity contribution in [1.82, 2.24) is 10.1 Å². The highest BCUT2D eigenvalue weighted by atomic mass is 19.1. The van der Waals surface area contributed by atoms with Crippen molar-refractivity contribution in [3.05, 3.63) is 65.5 Å². The summed E-state index contributed by atoms with van der Waals surface area (Å²) < 4.78 is 31.9. The molecule has 7 nitrogen and oxygen atoms in total. The summed E-state index contributed by atoms with van der Waals surface area (Å²) in [6, 6.07) is 14.8. The number of hydrogen-bond acceptors (Lipinski definition) is 7. The molecule has 3 aromatic rings. The molecule has 0 bridgehead atoms. The third-order valence-electron chi connectivity index (χ3n) is 6.59. The van der Waals surface area contributed by atoms with E-state index in [0.29, 0.717) is 62.6 Å². The number of aromatic nitrogens is 1. The first kappa shape index (κ1) is 23.8. The second-order valence-corrected chi connectivity index (χ2v) is 9.29. The van der Waals surface area contributed by atoms with Crippen molar-refractivity contribution in [2.45, 2.75) is 38.5 Å². The molecular formula is C27H32FN3O4. The minimum atomic E-state index is -0.668. The van der Waals surface area contributed by atoms with Crippen LogP contribution < -0.4 is 9.64 Å². The maximum Gasteiger partial charge on any atom is 0.232 e. The lowest BCUT2D eigenvalue weighted by atomic mass is 10.1. The zero-order valence-corrected chi connectivity index (χ0v) is 20.0. The lowest BCUT2D eigenvalue weighted by Crippen LogP contribution is -2.39. The molecule has 1 N–H and O–H groups in total. The summed E-state index contributed by atoms with van der Waals surface area (Å²) >= 11 is 0. The number of aliphatic hydroxyl groups is 1. The molecule has 2 heterocycles. The quantitative estimate of drug-likeness (QED) is 0.469. The topological polar surface area (TPSA) is 71.2 Å². The highest BCUT2D eigenvalue weighted by molar-refractivity contribution is 5.69. The van der Waals surface area contributed by atoms with Crippen LogP contribution in [0.5, 0.6) is 5.75 Å². The van der Waals surface area contributed by atoms with Crippen LogP contribution in [0.1, 0.15) is 24.0 Å². The van der Waals surface area contributed by atoms with Gasteiger partial charge in [-0.3, -0.25) is 4.90 Å². The third kappa shape index (κ3) is 5.66. The number of hydrogen-bond donors (Lipinski definition) is 1. The molecule has 2 fully saturated rings. The van der Waals surface area contributed by atoms with Crippen LogP contribution in [0.4, 0.5) is 10.3 Å². The monoisotopic (exact) mass is 481 g/mol. The number of aliphatic hydroxyl groups excluding tert-OH is 1. The fourth-order valence-electron chi connectivity index (χ4n) is 4.54. The van der Waals surface area contributed by atoms with Crippen molar-refractivity contribution in [2.24, 2.45) is 0 Å². The molecule has 35 heavy (non-hydrogen) atoms. The SMILES string of the molecule is Cc1ccccc1OCC(O)CN(Cc1c(-c2ccccc2F)noc1N1CCOCC1)C1CC1. The molecule has 8 heteroatoms. The van der Waals surface area contributed by atoms with Crippen molar-refractivity contribution >= 4 is 5.88 Å². The standard InChI is InChI=1S/C27H32FN3O4/c1-19-6-2-5-9-25(19)34-18-21(32)16-31(20-10-11-20)17-23-26(22-7-3-4-8-24(22)28)29-35-27(23)30-12-14-33-15-13-30/h2-9,20-21,32H,10-18H2,1H3. The average Bonchev–Trinajstić information content (AvgIpc) is 3.65. The Bertz CT molecular complexity index is 1130. The smallest absolute Gasteiger partial charge is 0.232 e. The number of benzene rings is 2. The largest absolute Gasteiger partial charge is 0.491 e. The summed E-state index contributed by atoms with van der Waals surface area (Å²) in [6.07, 6.45) is 1.47. The first-order valence-corrected chi connectivity index (χ1v) is 12.3. The molecule has 1 atom stereocenters. The maximum absolute atomic E-state index is 14.7. The van der Waals surface area contributed by atoms with Gasteiger partial charge in [-0.15, -0.1) is 0 Å². The zero-order chi connectivity index (χ0) is 24.2. The van der Waals surface area contributed by atoms with Crippen molar-refractivity contribution < 1.29 is 23.5 Å². The fourth-order valence-corrected chi connectivity index (χ4v) is 4.54. The van der Waals surface area contributed by atoms with Gasteiger partial charge in [-0.1, -0.05) is 35.5 Å². The van der Waals surface area contributed by atoms with Crippen LogP contribution in [0.15, 0.2) is 53.1 Å². The average molecular weight is 482 g/mol. The van der Waals surface area contributed by atoms with Gasteiger partial charge in [-0.05, 0) is 43.5 Å². The second-order valence-electron chi connectivity index (χ2n) is 9.29. The molecule has 1 saturated heterocycles. The van der Waals surface area contributed by atoms with Crippen LogP contribution in [-0.4, -0.2) is 66.8 Å². The number of para-hydroxylation sites is 1. The molecule has 2 aliphatic rings. The number of aryl methyl sites for hydroxylation is 1. The van der Waals surface area contributed by atoms with Gasteiger partial charge >= 0.3 is 0 Å². The zero-order valence-electron chi connectivity index (χ0n) is 20.0. The lowest BCUT2D eigenvalue weighted by Gasteiger charge is -2.29. The van der Waals surface area contributed by atoms with E-state index in [0.717, 1.165) is 29.7 Å². The molecule has 5 rings (SSSR count). The van der Waals surface area contributed by atoms with E-state index in [2.05, 4.69) is 15.0 Å². The maximum atomic E-state index is 14.7. The van der Waals surface area contributed by atoms with Gasteiger partial charge in [0.25, 0.3) is 0 Å². The Labute approximate surface area is 205 Å². The Hall–Kier alpha value is -2.94. The van der Waals surface area contributed by atoms with Gasteiger partial charge in [0.15, 0.2) is 0 Å². The number of morpholine rings is 1. The van der Waals surface area contributed by atoms with Crippen LogP contribution >= 0.6 is 0 Å². The van der Waals surface area contributed by atoms with Gasteiger partial charge in [0.2, 0.25) is 5.88 Å². The molecule has 1 saturated carbocycles. The van der Waals surface area contributed by atoms with E-state index in [9.17, 15) is 9.50 Å². The number of anilines is 1. The molecular weight excluding hydrogens is 449 g/mol. The molecule has 1 aromatic heterocycles. The van der Waals surface area contributed by atoms with Gasteiger partial charge in [0.05, 0.1) is 18.8 Å². The summed E-state index contributed by atoms with van der Waals surface area (Å²) in [7, 11) is 0. The third-order valence-corrected chi connectivity index (χ3v) is 6.59. The van der Waals surface area contributed by atoms with Gasteiger partial charge in [-0.2, -0.15) is 0 Å². The fraction of sp³-hybridized carbons (Fsp3) is 0.444. The molecule has 1 aliphatic heterocycles. The summed E-state index contributed by atoms with van der Waals surface area (Å²) in [5.74, 6) is 1.10. The Morgan fingerprint density at radius 1 is 1.14 bits per heavy atom. The van der Waals surface area contributed by atoms with E-state index in [-0.39, 0.29) is 12.4 Å². The summed E-state index contributed by atoms with van der Waals surface area (Å²) in [6.45, 7) is 5.74. The van der Waals surface area contributed by atoms with Crippen LogP contribution in [0, 0.1) is 12.7 Å². The number of halogens is 1. The van der Waals surface area contributed by atoms with Crippen LogP contribution in [0.3, 0.4) is 0 Å². The van der Waals surface area contributed by atoms with Gasteiger partial charge < -0.3 is 24.0 Å². The van der Waals surface area contributed by atoms with Crippen LogP contribution in [0.2, 0.25) is 0 Å². The van der Waals surface area contributed by atoms with E-state index in [1.54, 1.807) is 18.2 Å². The first-order valence-electron chi connectivity index (χ1n) is 12.3. The predicted molar refractivity (Wildman–Crippen MR) is 131 cm³/mol. The Balaban J connectivity index is 1.36. The second kappa shape index (κ2) is 10.8. The molecule has 0 radical (unpaired) electrons. The van der Waals surface area contributed by atoms with Gasteiger partial charge in [-0.25, -0.2) is 4.39 Å². The highest BCUT2D eigenvalue weighted by Gasteiger charge is 2.34. The van der Waals surface area contributed by atoms with Crippen LogP contribution in [-0.2, 0) is 11.3 Å². The van der Waals surface area contributed by atoms with Crippen molar-refractivity contribution in [3.63, 3.8) is 0 Å². The number of rotatable bonds is 10. The first-order chi connectivity index (χ1) is 17.1. The van der Waals surface area contributed by atoms with Crippen molar-refractivity contribution in [2.75, 3.05) is 44.4 Å². The molecule has 0 amide bonds. The predicted octanol–water partition coefficient (Wildman–Crippen LogP) is 4.03. The van der Waals surface area contributed by atoms with E-state index < -0.39 is 6.10 Å². The Morgan fingerprint density at radius 3 is 2.63 bits per heavy atom. The molecule has 186 valence electrons. The number of ether oxygens (including phenoxy) is 2. The van der Waals surface area contributed by atoms with Gasteiger partial charge in [0, 0.05) is 37.8 Å². The van der Waals surface area contributed by atoms with E-state index in [4.69, 9.17) is 14.0 Å². The van der Waals surface area contributed by atoms with Crippen LogP contribution in [0.25, 0.3) is 11.3 Å². The summed E-state index contributed by atoms with van der Waals surface area (Å²) in [4.78, 5) is 4.35. The highest BCUT2D eigenvalue weighted by Crippen LogP contribution is 2.37. The van der Waals surface area contributed by atoms with E-state index >= 15 is 0 Å². The van der Waals surface area contributed by atoms with E-state index in [1.807, 2.05) is 31.2 Å². The van der Waals surface area contributed by atoms with Crippen molar-refractivity contribution in [3.8, 4) is 17.0 Å². The van der Waals surface area contributed by atoms with Crippen molar-refractivity contribution in [1.29, 1.82) is 0 Å².